The molecule has 126 valence electrons. The number of anilines is 2. The number of amides is 1. The molecule has 1 N–H and O–H groups in total. The van der Waals surface area contributed by atoms with Gasteiger partial charge in [-0.15, -0.1) is 0 Å². The summed E-state index contributed by atoms with van der Waals surface area (Å²) < 4.78 is 0. The van der Waals surface area contributed by atoms with Crippen molar-refractivity contribution in [1.82, 2.24) is 4.98 Å². The second kappa shape index (κ2) is 8.11. The van der Waals surface area contributed by atoms with E-state index in [2.05, 4.69) is 27.3 Å². The Hall–Kier alpha value is -3.14. The van der Waals surface area contributed by atoms with Crippen LogP contribution < -0.4 is 10.2 Å². The zero-order chi connectivity index (χ0) is 17.5. The van der Waals surface area contributed by atoms with Gasteiger partial charge < -0.3 is 10.2 Å². The molecule has 0 aliphatic carbocycles. The third-order valence-electron chi connectivity index (χ3n) is 3.93. The van der Waals surface area contributed by atoms with Crippen LogP contribution in [-0.4, -0.2) is 17.9 Å². The maximum Gasteiger partial charge on any atom is 0.229 e. The zero-order valence-electron chi connectivity index (χ0n) is 14.2. The smallest absolute Gasteiger partial charge is 0.229 e. The Morgan fingerprint density at radius 1 is 0.920 bits per heavy atom. The van der Waals surface area contributed by atoms with Crippen LogP contribution >= 0.6 is 0 Å². The molecule has 0 unspecified atom stereocenters. The van der Waals surface area contributed by atoms with Crippen LogP contribution in [0.3, 0.4) is 0 Å². The molecule has 0 saturated carbocycles. The Kier molecular flexibility index (Phi) is 5.42. The van der Waals surface area contributed by atoms with Crippen LogP contribution in [0.5, 0.6) is 0 Å². The number of pyridine rings is 1. The van der Waals surface area contributed by atoms with E-state index in [9.17, 15) is 4.79 Å². The molecule has 0 aliphatic rings. The summed E-state index contributed by atoms with van der Waals surface area (Å²) in [5.41, 5.74) is 3.23. The van der Waals surface area contributed by atoms with E-state index in [-0.39, 0.29) is 5.91 Å². The largest absolute Gasteiger partial charge is 0.369 e. The van der Waals surface area contributed by atoms with Crippen molar-refractivity contribution in [1.29, 1.82) is 0 Å². The summed E-state index contributed by atoms with van der Waals surface area (Å²) in [6.45, 7) is 0.808. The molecule has 1 aromatic heterocycles. The second-order valence-electron chi connectivity index (χ2n) is 5.95. The third-order valence-corrected chi connectivity index (χ3v) is 3.93. The van der Waals surface area contributed by atoms with E-state index in [0.29, 0.717) is 12.2 Å². The molecule has 3 rings (SSSR count). The van der Waals surface area contributed by atoms with Crippen LogP contribution in [0.1, 0.15) is 11.1 Å². The molecule has 0 spiro atoms. The zero-order valence-corrected chi connectivity index (χ0v) is 14.2. The van der Waals surface area contributed by atoms with Gasteiger partial charge in [-0.25, -0.2) is 4.98 Å². The lowest BCUT2D eigenvalue weighted by atomic mass is 10.1. The van der Waals surface area contributed by atoms with Gasteiger partial charge in [-0.2, -0.15) is 0 Å². The van der Waals surface area contributed by atoms with Gasteiger partial charge in [0.05, 0.1) is 18.3 Å². The molecular weight excluding hydrogens is 310 g/mol. The SMILES string of the molecule is CN(Cc1ccccc1)c1ccc(NC(=O)Cc2ccccc2)nc1. The Bertz CT molecular complexity index is 802. The second-order valence-corrected chi connectivity index (χ2v) is 5.95. The van der Waals surface area contributed by atoms with Gasteiger partial charge in [-0.05, 0) is 23.3 Å². The maximum atomic E-state index is 12.1. The highest BCUT2D eigenvalue weighted by atomic mass is 16.1. The molecule has 0 bridgehead atoms. The van der Waals surface area contributed by atoms with Gasteiger partial charge in [0.25, 0.3) is 0 Å². The normalized spacial score (nSPS) is 10.3. The molecule has 0 saturated heterocycles. The first-order valence-electron chi connectivity index (χ1n) is 8.25. The molecular formula is C21H21N3O. The predicted molar refractivity (Wildman–Crippen MR) is 102 cm³/mol. The lowest BCUT2D eigenvalue weighted by molar-refractivity contribution is -0.115. The topological polar surface area (TPSA) is 45.2 Å². The van der Waals surface area contributed by atoms with Gasteiger partial charge in [-0.3, -0.25) is 4.79 Å². The number of hydrogen-bond acceptors (Lipinski definition) is 3. The van der Waals surface area contributed by atoms with E-state index in [4.69, 9.17) is 0 Å². The number of carbonyl (C=O) groups is 1. The van der Waals surface area contributed by atoms with Crippen LogP contribution in [0, 0.1) is 0 Å². The molecule has 1 heterocycles. The molecule has 2 aromatic carbocycles. The fourth-order valence-corrected chi connectivity index (χ4v) is 2.60. The van der Waals surface area contributed by atoms with Crippen molar-refractivity contribution in [2.75, 3.05) is 17.3 Å². The number of nitrogens with zero attached hydrogens (tertiary/aromatic N) is 2. The minimum absolute atomic E-state index is 0.0657. The highest BCUT2D eigenvalue weighted by Crippen LogP contribution is 2.16. The monoisotopic (exact) mass is 331 g/mol. The van der Waals surface area contributed by atoms with E-state index >= 15 is 0 Å². The third kappa shape index (κ3) is 4.91. The number of aromatic nitrogens is 1. The van der Waals surface area contributed by atoms with E-state index in [1.807, 2.05) is 67.7 Å². The van der Waals surface area contributed by atoms with E-state index in [0.717, 1.165) is 17.8 Å². The Balaban J connectivity index is 1.57. The van der Waals surface area contributed by atoms with Crippen molar-refractivity contribution in [3.8, 4) is 0 Å². The highest BCUT2D eigenvalue weighted by molar-refractivity contribution is 5.91. The quantitative estimate of drug-likeness (QED) is 0.745. The van der Waals surface area contributed by atoms with E-state index in [1.54, 1.807) is 6.20 Å². The van der Waals surface area contributed by atoms with Gasteiger partial charge in [0, 0.05) is 13.6 Å². The lowest BCUT2D eigenvalue weighted by Gasteiger charge is -2.19. The van der Waals surface area contributed by atoms with Crippen molar-refractivity contribution >= 4 is 17.4 Å². The van der Waals surface area contributed by atoms with E-state index in [1.165, 1.54) is 5.56 Å². The first kappa shape index (κ1) is 16.7. The number of rotatable bonds is 6. The van der Waals surface area contributed by atoms with Crippen molar-refractivity contribution in [3.05, 3.63) is 90.1 Å². The summed E-state index contributed by atoms with van der Waals surface area (Å²) in [5, 5.41) is 2.84. The average molecular weight is 331 g/mol. The molecule has 3 aromatic rings. The molecule has 1 amide bonds. The summed E-state index contributed by atoms with van der Waals surface area (Å²) in [6, 6.07) is 23.8. The first-order chi connectivity index (χ1) is 12.2. The fraction of sp³-hybridized carbons (Fsp3) is 0.143. The minimum atomic E-state index is -0.0657. The number of carbonyl (C=O) groups excluding carboxylic acids is 1. The molecule has 4 nitrogen and oxygen atoms in total. The van der Waals surface area contributed by atoms with Crippen LogP contribution in [0.2, 0.25) is 0 Å². The summed E-state index contributed by atoms with van der Waals surface area (Å²) in [7, 11) is 2.03. The van der Waals surface area contributed by atoms with Gasteiger partial charge in [-0.1, -0.05) is 60.7 Å². The highest BCUT2D eigenvalue weighted by Gasteiger charge is 2.06. The minimum Gasteiger partial charge on any atom is -0.369 e. The lowest BCUT2D eigenvalue weighted by Crippen LogP contribution is -2.18. The van der Waals surface area contributed by atoms with Crippen molar-refractivity contribution in [3.63, 3.8) is 0 Å². The summed E-state index contributed by atoms with van der Waals surface area (Å²) >= 11 is 0. The van der Waals surface area contributed by atoms with Crippen LogP contribution in [0.15, 0.2) is 79.0 Å². The average Bonchev–Trinajstić information content (AvgIpc) is 2.64. The van der Waals surface area contributed by atoms with Crippen molar-refractivity contribution in [2.45, 2.75) is 13.0 Å². The molecule has 25 heavy (non-hydrogen) atoms. The summed E-state index contributed by atoms with van der Waals surface area (Å²) in [6.07, 6.45) is 2.12. The van der Waals surface area contributed by atoms with Crippen LogP contribution in [-0.2, 0) is 17.8 Å². The number of nitrogens with one attached hydrogen (secondary N) is 1. The van der Waals surface area contributed by atoms with Crippen LogP contribution in [0.4, 0.5) is 11.5 Å². The Labute approximate surface area is 148 Å². The summed E-state index contributed by atoms with van der Waals surface area (Å²) in [4.78, 5) is 18.6. The summed E-state index contributed by atoms with van der Waals surface area (Å²) in [5.74, 6) is 0.502. The molecule has 4 heteroatoms. The molecule has 0 fully saturated rings. The number of hydrogen-bond donors (Lipinski definition) is 1. The van der Waals surface area contributed by atoms with Gasteiger partial charge in [0.2, 0.25) is 5.91 Å². The number of benzene rings is 2. The molecule has 0 atom stereocenters. The van der Waals surface area contributed by atoms with E-state index < -0.39 is 0 Å². The Morgan fingerprint density at radius 3 is 2.16 bits per heavy atom. The standard InChI is InChI=1S/C21H21N3O/c1-24(16-18-10-6-3-7-11-18)19-12-13-20(22-15-19)23-21(25)14-17-8-4-2-5-9-17/h2-13,15H,14,16H2,1H3,(H,22,23,25). The van der Waals surface area contributed by atoms with Crippen molar-refractivity contribution in [2.24, 2.45) is 0 Å². The van der Waals surface area contributed by atoms with Crippen LogP contribution in [0.25, 0.3) is 0 Å². The fourth-order valence-electron chi connectivity index (χ4n) is 2.60. The molecule has 0 radical (unpaired) electrons. The van der Waals surface area contributed by atoms with Crippen molar-refractivity contribution < 1.29 is 4.79 Å². The van der Waals surface area contributed by atoms with Gasteiger partial charge >= 0.3 is 0 Å². The van der Waals surface area contributed by atoms with Gasteiger partial charge in [0.1, 0.15) is 5.82 Å². The Morgan fingerprint density at radius 2 is 1.56 bits per heavy atom. The first-order valence-corrected chi connectivity index (χ1v) is 8.25. The predicted octanol–water partition coefficient (Wildman–Crippen LogP) is 3.90. The molecule has 0 aliphatic heterocycles. The van der Waals surface area contributed by atoms with Gasteiger partial charge in [0.15, 0.2) is 0 Å². The maximum absolute atomic E-state index is 12.1.